The number of halogens is 5. The molecule has 2 aliphatic rings. The van der Waals surface area contributed by atoms with Gasteiger partial charge in [-0.05, 0) is 50.7 Å². The van der Waals surface area contributed by atoms with Crippen molar-refractivity contribution in [2.75, 3.05) is 19.8 Å². The lowest BCUT2D eigenvalue weighted by atomic mass is 9.85. The number of carbonyl (C=O) groups is 2. The van der Waals surface area contributed by atoms with E-state index in [-0.39, 0.29) is 36.4 Å². The molecule has 2 unspecified atom stereocenters. The predicted molar refractivity (Wildman–Crippen MR) is 121 cm³/mol. The minimum atomic E-state index is -4.36. The van der Waals surface area contributed by atoms with Crippen LogP contribution in [0.1, 0.15) is 38.5 Å². The van der Waals surface area contributed by atoms with E-state index in [4.69, 9.17) is 32.7 Å². The van der Waals surface area contributed by atoms with Gasteiger partial charge in [0.2, 0.25) is 5.91 Å². The van der Waals surface area contributed by atoms with Gasteiger partial charge in [-0.2, -0.15) is 13.2 Å². The highest BCUT2D eigenvalue weighted by atomic mass is 35.5. The predicted octanol–water partition coefficient (Wildman–Crippen LogP) is 3.82. The molecule has 3 N–H and O–H groups in total. The first kappa shape index (κ1) is 26.8. The molecule has 2 fully saturated rings. The Morgan fingerprint density at radius 1 is 1.00 bits per heavy atom. The summed E-state index contributed by atoms with van der Waals surface area (Å²) in [5.41, 5.74) is 0. The Morgan fingerprint density at radius 2 is 1.71 bits per heavy atom. The van der Waals surface area contributed by atoms with E-state index < -0.39 is 19.0 Å². The van der Waals surface area contributed by atoms with Gasteiger partial charge in [0, 0.05) is 30.6 Å². The van der Waals surface area contributed by atoms with Crippen molar-refractivity contribution < 1.29 is 32.2 Å². The van der Waals surface area contributed by atoms with Gasteiger partial charge >= 0.3 is 6.18 Å². The maximum atomic E-state index is 12.6. The third-order valence-electron chi connectivity index (χ3n) is 5.89. The molecule has 0 spiro atoms. The van der Waals surface area contributed by atoms with Gasteiger partial charge in [-0.1, -0.05) is 23.2 Å². The van der Waals surface area contributed by atoms with E-state index in [9.17, 15) is 22.8 Å². The highest BCUT2D eigenvalue weighted by molar-refractivity contribution is 6.42. The largest absolute Gasteiger partial charge is 0.484 e. The molecule has 1 aliphatic heterocycles. The van der Waals surface area contributed by atoms with Crippen molar-refractivity contribution in [2.24, 2.45) is 5.92 Å². The molecule has 34 heavy (non-hydrogen) atoms. The molecule has 1 aliphatic carbocycles. The van der Waals surface area contributed by atoms with Crippen molar-refractivity contribution in [3.63, 3.8) is 0 Å². The SMILES string of the molecule is O=C(COc1ccc(Cl)c(Cl)c1)NC1CCC(C(=O)NC2CCC(OCC(F)(F)F)NC2)CC1. The number of ether oxygens (including phenoxy) is 2. The van der Waals surface area contributed by atoms with Gasteiger partial charge in [-0.15, -0.1) is 0 Å². The molecule has 1 saturated heterocycles. The fraction of sp³-hybridized carbons (Fsp3) is 0.636. The summed E-state index contributed by atoms with van der Waals surface area (Å²) in [6.45, 7) is -1.08. The van der Waals surface area contributed by atoms with Gasteiger partial charge in [-0.3, -0.25) is 14.9 Å². The second-order valence-corrected chi connectivity index (χ2v) is 9.40. The average molecular weight is 526 g/mol. The second kappa shape index (κ2) is 12.3. The van der Waals surface area contributed by atoms with E-state index in [2.05, 4.69) is 16.0 Å². The van der Waals surface area contributed by atoms with Crippen molar-refractivity contribution in [1.29, 1.82) is 0 Å². The van der Waals surface area contributed by atoms with Crippen LogP contribution >= 0.6 is 23.2 Å². The van der Waals surface area contributed by atoms with Crippen molar-refractivity contribution in [3.8, 4) is 5.75 Å². The molecule has 12 heteroatoms. The Morgan fingerprint density at radius 3 is 2.32 bits per heavy atom. The second-order valence-electron chi connectivity index (χ2n) is 8.59. The summed E-state index contributed by atoms with van der Waals surface area (Å²) in [4.78, 5) is 24.8. The summed E-state index contributed by atoms with van der Waals surface area (Å²) in [7, 11) is 0. The normalized spacial score (nSPS) is 25.4. The maximum Gasteiger partial charge on any atom is 0.411 e. The topological polar surface area (TPSA) is 88.7 Å². The Bertz CT molecular complexity index is 843. The lowest BCUT2D eigenvalue weighted by molar-refractivity contribution is -0.190. The van der Waals surface area contributed by atoms with Crippen LogP contribution in [0.15, 0.2) is 18.2 Å². The van der Waals surface area contributed by atoms with Crippen LogP contribution in [0, 0.1) is 5.92 Å². The maximum absolute atomic E-state index is 12.6. The molecule has 2 amide bonds. The zero-order valence-electron chi connectivity index (χ0n) is 18.4. The molecular weight excluding hydrogens is 498 g/mol. The Hall–Kier alpha value is -1.75. The highest BCUT2D eigenvalue weighted by Crippen LogP contribution is 2.27. The fourth-order valence-electron chi connectivity index (χ4n) is 4.09. The molecule has 190 valence electrons. The van der Waals surface area contributed by atoms with E-state index in [1.165, 1.54) is 0 Å². The van der Waals surface area contributed by atoms with Gasteiger partial charge in [0.25, 0.3) is 5.91 Å². The first-order valence-electron chi connectivity index (χ1n) is 11.2. The molecule has 3 rings (SSSR count). The number of hydrogen-bond donors (Lipinski definition) is 3. The minimum Gasteiger partial charge on any atom is -0.484 e. The van der Waals surface area contributed by atoms with Gasteiger partial charge in [0.15, 0.2) is 6.61 Å². The number of rotatable bonds is 8. The van der Waals surface area contributed by atoms with Crippen LogP contribution in [0.25, 0.3) is 0 Å². The number of nitrogens with one attached hydrogen (secondary N) is 3. The minimum absolute atomic E-state index is 0.0307. The average Bonchev–Trinajstić information content (AvgIpc) is 2.79. The molecule has 0 aromatic heterocycles. The van der Waals surface area contributed by atoms with Crippen molar-refractivity contribution in [3.05, 3.63) is 28.2 Å². The Balaban J connectivity index is 1.31. The summed E-state index contributed by atoms with van der Waals surface area (Å²) in [5.74, 6) is -0.0241. The summed E-state index contributed by atoms with van der Waals surface area (Å²) in [6, 6.07) is 4.58. The molecule has 7 nitrogen and oxygen atoms in total. The zero-order chi connectivity index (χ0) is 24.7. The highest BCUT2D eigenvalue weighted by Gasteiger charge is 2.32. The Labute approximate surface area is 206 Å². The van der Waals surface area contributed by atoms with Crippen LogP contribution in [-0.4, -0.2) is 56.1 Å². The lowest BCUT2D eigenvalue weighted by Crippen LogP contribution is -2.52. The number of alkyl halides is 3. The van der Waals surface area contributed by atoms with E-state index >= 15 is 0 Å². The number of benzene rings is 1. The van der Waals surface area contributed by atoms with Gasteiger partial charge in [0.05, 0.1) is 10.0 Å². The van der Waals surface area contributed by atoms with Crippen LogP contribution in [0.4, 0.5) is 13.2 Å². The molecule has 0 radical (unpaired) electrons. The summed E-state index contributed by atoms with van der Waals surface area (Å²) >= 11 is 11.8. The molecule has 1 aromatic carbocycles. The monoisotopic (exact) mass is 525 g/mol. The molecule has 1 heterocycles. The van der Waals surface area contributed by atoms with Crippen LogP contribution in [0.3, 0.4) is 0 Å². The smallest absolute Gasteiger partial charge is 0.411 e. The number of amides is 2. The van der Waals surface area contributed by atoms with Crippen molar-refractivity contribution >= 4 is 35.0 Å². The van der Waals surface area contributed by atoms with Gasteiger partial charge in [0.1, 0.15) is 18.6 Å². The molecule has 0 bridgehead atoms. The van der Waals surface area contributed by atoms with E-state index in [1.54, 1.807) is 18.2 Å². The quantitative estimate of drug-likeness (QED) is 0.480. The zero-order valence-corrected chi connectivity index (χ0v) is 19.9. The van der Waals surface area contributed by atoms with E-state index in [0.717, 1.165) is 0 Å². The van der Waals surface area contributed by atoms with Crippen molar-refractivity contribution in [2.45, 2.75) is 63.0 Å². The van der Waals surface area contributed by atoms with Crippen LogP contribution in [-0.2, 0) is 14.3 Å². The molecule has 2 atom stereocenters. The number of carbonyl (C=O) groups excluding carboxylic acids is 2. The first-order valence-corrected chi connectivity index (χ1v) is 11.9. The van der Waals surface area contributed by atoms with Crippen LogP contribution in [0.2, 0.25) is 10.0 Å². The molecule has 1 aromatic rings. The Kier molecular flexibility index (Phi) is 9.70. The van der Waals surface area contributed by atoms with Gasteiger partial charge in [-0.25, -0.2) is 0 Å². The summed E-state index contributed by atoms with van der Waals surface area (Å²) in [6.07, 6.45) is -1.45. The van der Waals surface area contributed by atoms with Crippen LogP contribution < -0.4 is 20.7 Å². The van der Waals surface area contributed by atoms with E-state index in [0.29, 0.717) is 60.9 Å². The van der Waals surface area contributed by atoms with Crippen molar-refractivity contribution in [1.82, 2.24) is 16.0 Å². The van der Waals surface area contributed by atoms with Gasteiger partial charge < -0.3 is 20.1 Å². The van der Waals surface area contributed by atoms with Crippen LogP contribution in [0.5, 0.6) is 5.75 Å². The summed E-state index contributed by atoms with van der Waals surface area (Å²) in [5, 5.41) is 9.54. The fourth-order valence-corrected chi connectivity index (χ4v) is 4.38. The third kappa shape index (κ3) is 8.79. The molecular formula is C22H28Cl2F3N3O4. The standard InChI is InChI=1S/C22H28Cl2F3N3O4/c23-17-7-6-16(9-18(17)24)33-11-19(31)29-14-3-1-13(2-4-14)21(32)30-15-5-8-20(28-10-15)34-12-22(25,26)27/h6-7,9,13-15,20,28H,1-5,8,10-12H2,(H,29,31)(H,30,32). The molecule has 1 saturated carbocycles. The first-order chi connectivity index (χ1) is 16.1. The summed E-state index contributed by atoms with van der Waals surface area (Å²) < 4.78 is 47.0. The number of piperidine rings is 1. The van der Waals surface area contributed by atoms with E-state index in [1.807, 2.05) is 0 Å². The lowest BCUT2D eigenvalue weighted by Gasteiger charge is -2.33. The third-order valence-corrected chi connectivity index (χ3v) is 6.63. The number of hydrogen-bond acceptors (Lipinski definition) is 5.